The van der Waals surface area contributed by atoms with Crippen LogP contribution >= 0.6 is 23.2 Å². The molecule has 3 aromatic carbocycles. The third-order valence-electron chi connectivity index (χ3n) is 4.69. The van der Waals surface area contributed by atoms with Gasteiger partial charge in [0.05, 0.1) is 27.1 Å². The number of anilines is 2. The lowest BCUT2D eigenvalue weighted by Crippen LogP contribution is -2.30. The van der Waals surface area contributed by atoms with E-state index in [-0.39, 0.29) is 15.7 Å². The fourth-order valence-electron chi connectivity index (χ4n) is 2.98. The number of aromatic nitrogens is 2. The van der Waals surface area contributed by atoms with E-state index < -0.39 is 22.0 Å². The van der Waals surface area contributed by atoms with E-state index in [4.69, 9.17) is 27.9 Å². The minimum absolute atomic E-state index is 0.00213. The molecule has 0 aliphatic carbocycles. The predicted molar refractivity (Wildman–Crippen MR) is 132 cm³/mol. The van der Waals surface area contributed by atoms with Crippen molar-refractivity contribution >= 4 is 61.7 Å². The molecule has 8 nitrogen and oxygen atoms in total. The van der Waals surface area contributed by atoms with E-state index in [1.54, 1.807) is 37.3 Å². The first-order chi connectivity index (χ1) is 16.2. The molecule has 174 valence electrons. The molecule has 11 heteroatoms. The molecule has 0 saturated carbocycles. The standard InChI is InChI=1S/C23H18Cl2N4O4S/c1-14(33-21-11-6-15(24)12-18(21)25)23(30)27-16-7-9-17(10-8-16)34(31,32)29-22-13-26-19-4-2-3-5-20(19)28-22/h2-14H,1H3,(H,27,30)(H,28,29). The quantitative estimate of drug-likeness (QED) is 0.351. The second kappa shape index (κ2) is 9.84. The van der Waals surface area contributed by atoms with Gasteiger partial charge in [-0.05, 0) is 61.5 Å². The molecule has 1 heterocycles. The molecule has 2 N–H and O–H groups in total. The summed E-state index contributed by atoms with van der Waals surface area (Å²) in [4.78, 5) is 20.9. The highest BCUT2D eigenvalue weighted by molar-refractivity contribution is 7.92. The molecular weight excluding hydrogens is 499 g/mol. The van der Waals surface area contributed by atoms with Gasteiger partial charge in [0.25, 0.3) is 15.9 Å². The van der Waals surface area contributed by atoms with Gasteiger partial charge in [0.1, 0.15) is 5.75 Å². The third kappa shape index (κ3) is 5.56. The Morgan fingerprint density at radius 3 is 2.41 bits per heavy atom. The van der Waals surface area contributed by atoms with Gasteiger partial charge < -0.3 is 10.1 Å². The Balaban J connectivity index is 1.41. The SMILES string of the molecule is CC(Oc1ccc(Cl)cc1Cl)C(=O)Nc1ccc(S(=O)(=O)Nc2cnc3ccccc3n2)cc1. The van der Waals surface area contributed by atoms with Gasteiger partial charge in [-0.3, -0.25) is 14.5 Å². The number of amides is 1. The number of halogens is 2. The zero-order valence-electron chi connectivity index (χ0n) is 17.7. The fourth-order valence-corrected chi connectivity index (χ4v) is 4.42. The molecule has 0 bridgehead atoms. The highest BCUT2D eigenvalue weighted by atomic mass is 35.5. The number of rotatable bonds is 7. The summed E-state index contributed by atoms with van der Waals surface area (Å²) in [7, 11) is -3.91. The van der Waals surface area contributed by atoms with Crippen molar-refractivity contribution in [1.29, 1.82) is 0 Å². The minimum atomic E-state index is -3.91. The summed E-state index contributed by atoms with van der Waals surface area (Å²) in [6.07, 6.45) is 0.484. The lowest BCUT2D eigenvalue weighted by Gasteiger charge is -2.16. The van der Waals surface area contributed by atoms with E-state index in [2.05, 4.69) is 20.0 Å². The van der Waals surface area contributed by atoms with Crippen molar-refractivity contribution in [1.82, 2.24) is 9.97 Å². The normalized spacial score (nSPS) is 12.2. The summed E-state index contributed by atoms with van der Waals surface area (Å²) in [6.45, 7) is 1.56. The van der Waals surface area contributed by atoms with Gasteiger partial charge in [-0.15, -0.1) is 0 Å². The fraction of sp³-hybridized carbons (Fsp3) is 0.0870. The Morgan fingerprint density at radius 2 is 1.71 bits per heavy atom. The van der Waals surface area contributed by atoms with E-state index >= 15 is 0 Å². The molecule has 1 unspecified atom stereocenters. The van der Waals surface area contributed by atoms with E-state index in [9.17, 15) is 13.2 Å². The van der Waals surface area contributed by atoms with Gasteiger partial charge in [-0.25, -0.2) is 13.4 Å². The molecule has 0 aliphatic heterocycles. The Morgan fingerprint density at radius 1 is 1.00 bits per heavy atom. The lowest BCUT2D eigenvalue weighted by molar-refractivity contribution is -0.122. The largest absolute Gasteiger partial charge is 0.479 e. The Kier molecular flexibility index (Phi) is 6.87. The molecule has 4 rings (SSSR count). The van der Waals surface area contributed by atoms with Crippen molar-refractivity contribution in [2.24, 2.45) is 0 Å². The van der Waals surface area contributed by atoms with Gasteiger partial charge in [0.2, 0.25) is 0 Å². The average molecular weight is 517 g/mol. The van der Waals surface area contributed by atoms with Crippen molar-refractivity contribution in [2.45, 2.75) is 17.9 Å². The van der Waals surface area contributed by atoms with E-state index in [1.807, 2.05) is 6.07 Å². The van der Waals surface area contributed by atoms with Crippen LogP contribution in [0.25, 0.3) is 11.0 Å². The van der Waals surface area contributed by atoms with Crippen LogP contribution in [0.1, 0.15) is 6.92 Å². The lowest BCUT2D eigenvalue weighted by atomic mass is 10.3. The maximum absolute atomic E-state index is 12.7. The number of benzene rings is 3. The summed E-state index contributed by atoms with van der Waals surface area (Å²) in [5.41, 5.74) is 1.62. The number of nitrogens with zero attached hydrogens (tertiary/aromatic N) is 2. The number of hydrogen-bond acceptors (Lipinski definition) is 6. The van der Waals surface area contributed by atoms with Crippen LogP contribution in [0.15, 0.2) is 77.8 Å². The van der Waals surface area contributed by atoms with E-state index in [1.165, 1.54) is 36.5 Å². The topological polar surface area (TPSA) is 110 Å². The van der Waals surface area contributed by atoms with Gasteiger partial charge in [0, 0.05) is 10.7 Å². The van der Waals surface area contributed by atoms with Crippen molar-refractivity contribution in [3.63, 3.8) is 0 Å². The highest BCUT2D eigenvalue weighted by Crippen LogP contribution is 2.28. The molecular formula is C23H18Cl2N4O4S. The second-order valence-corrected chi connectivity index (χ2v) is 9.72. The maximum Gasteiger partial charge on any atom is 0.265 e. The first kappa shape index (κ1) is 23.7. The summed E-state index contributed by atoms with van der Waals surface area (Å²) in [6, 6.07) is 17.5. The predicted octanol–water partition coefficient (Wildman–Crippen LogP) is 5.14. The van der Waals surface area contributed by atoms with Crippen LogP contribution in [-0.4, -0.2) is 30.4 Å². The van der Waals surface area contributed by atoms with Crippen LogP contribution in [0.4, 0.5) is 11.5 Å². The zero-order chi connectivity index (χ0) is 24.3. The molecule has 34 heavy (non-hydrogen) atoms. The van der Waals surface area contributed by atoms with Crippen LogP contribution in [-0.2, 0) is 14.8 Å². The third-order valence-corrected chi connectivity index (χ3v) is 6.59. The maximum atomic E-state index is 12.7. The number of nitrogens with one attached hydrogen (secondary N) is 2. The van der Waals surface area contributed by atoms with Crippen molar-refractivity contribution in [3.8, 4) is 5.75 Å². The smallest absolute Gasteiger partial charge is 0.265 e. The van der Waals surface area contributed by atoms with Gasteiger partial charge in [0.15, 0.2) is 11.9 Å². The molecule has 0 radical (unpaired) electrons. The van der Waals surface area contributed by atoms with Crippen LogP contribution in [0, 0.1) is 0 Å². The summed E-state index contributed by atoms with van der Waals surface area (Å²) in [5.74, 6) is -0.0212. The van der Waals surface area contributed by atoms with Gasteiger partial charge in [-0.2, -0.15) is 0 Å². The summed E-state index contributed by atoms with van der Waals surface area (Å²) >= 11 is 11.9. The number of fused-ring (bicyclic) bond motifs is 1. The highest BCUT2D eigenvalue weighted by Gasteiger charge is 2.18. The summed E-state index contributed by atoms with van der Waals surface area (Å²) < 4.78 is 33.5. The second-order valence-electron chi connectivity index (χ2n) is 7.20. The molecule has 1 aromatic heterocycles. The monoisotopic (exact) mass is 516 g/mol. The zero-order valence-corrected chi connectivity index (χ0v) is 20.0. The van der Waals surface area contributed by atoms with E-state index in [0.29, 0.717) is 27.5 Å². The van der Waals surface area contributed by atoms with Crippen molar-refractivity contribution in [3.05, 3.63) is 83.0 Å². The summed E-state index contributed by atoms with van der Waals surface area (Å²) in [5, 5.41) is 3.40. The van der Waals surface area contributed by atoms with Crippen LogP contribution in [0.3, 0.4) is 0 Å². The van der Waals surface area contributed by atoms with Gasteiger partial charge >= 0.3 is 0 Å². The number of carbonyl (C=O) groups is 1. The molecule has 0 spiro atoms. The van der Waals surface area contributed by atoms with Crippen molar-refractivity contribution < 1.29 is 17.9 Å². The molecule has 0 saturated heterocycles. The molecule has 4 aromatic rings. The molecule has 0 aliphatic rings. The van der Waals surface area contributed by atoms with E-state index in [0.717, 1.165) is 0 Å². The van der Waals surface area contributed by atoms with Crippen LogP contribution < -0.4 is 14.8 Å². The number of sulfonamides is 1. The number of ether oxygens (including phenoxy) is 1. The van der Waals surface area contributed by atoms with Gasteiger partial charge in [-0.1, -0.05) is 35.3 Å². The van der Waals surface area contributed by atoms with Crippen LogP contribution in [0.5, 0.6) is 5.75 Å². The Hall–Kier alpha value is -3.40. The number of para-hydroxylation sites is 2. The molecule has 1 amide bonds. The Bertz CT molecular complexity index is 1460. The van der Waals surface area contributed by atoms with Crippen LogP contribution in [0.2, 0.25) is 10.0 Å². The Labute approximate surface area is 206 Å². The first-order valence-electron chi connectivity index (χ1n) is 9.98. The minimum Gasteiger partial charge on any atom is -0.479 e. The number of carbonyl (C=O) groups excluding carboxylic acids is 1. The number of hydrogen-bond donors (Lipinski definition) is 2. The average Bonchev–Trinajstić information content (AvgIpc) is 2.81. The molecule has 1 atom stereocenters. The first-order valence-corrected chi connectivity index (χ1v) is 12.2. The molecule has 0 fully saturated rings. The van der Waals surface area contributed by atoms with Crippen molar-refractivity contribution in [2.75, 3.05) is 10.0 Å².